The van der Waals surface area contributed by atoms with E-state index in [4.69, 9.17) is 15.2 Å². The number of aliphatic hydroxyl groups excluding tert-OH is 1. The van der Waals surface area contributed by atoms with Crippen molar-refractivity contribution in [2.24, 2.45) is 5.73 Å². The van der Waals surface area contributed by atoms with Crippen molar-refractivity contribution in [3.63, 3.8) is 0 Å². The van der Waals surface area contributed by atoms with Crippen molar-refractivity contribution in [2.75, 3.05) is 0 Å². The van der Waals surface area contributed by atoms with Gasteiger partial charge in [-0.25, -0.2) is 9.59 Å². The summed E-state index contributed by atoms with van der Waals surface area (Å²) in [4.78, 5) is 48.8. The summed E-state index contributed by atoms with van der Waals surface area (Å²) >= 11 is 0. The van der Waals surface area contributed by atoms with Crippen LogP contribution in [0.25, 0.3) is 0 Å². The SMILES string of the molecule is CC(=O)C(=O)[C@H](N)[C@@H](OC(=O)c1ccccc1)[C@@H](OC(=O)c1ccccc1)[C@@H](C)O. The second-order valence-electron chi connectivity index (χ2n) is 6.66. The first-order valence-electron chi connectivity index (χ1n) is 9.23. The van der Waals surface area contributed by atoms with Gasteiger partial charge in [-0.1, -0.05) is 36.4 Å². The Morgan fingerprint density at radius 3 is 1.57 bits per heavy atom. The molecule has 2 aromatic carbocycles. The van der Waals surface area contributed by atoms with Crippen LogP contribution in [0.3, 0.4) is 0 Å². The molecule has 158 valence electrons. The van der Waals surface area contributed by atoms with Gasteiger partial charge in [0.25, 0.3) is 0 Å². The van der Waals surface area contributed by atoms with Gasteiger partial charge in [0.15, 0.2) is 18.0 Å². The van der Waals surface area contributed by atoms with Crippen LogP contribution in [-0.4, -0.2) is 53.0 Å². The zero-order valence-electron chi connectivity index (χ0n) is 16.6. The molecule has 0 aliphatic heterocycles. The van der Waals surface area contributed by atoms with Crippen LogP contribution in [-0.2, 0) is 19.1 Å². The van der Waals surface area contributed by atoms with Crippen LogP contribution in [0, 0.1) is 0 Å². The van der Waals surface area contributed by atoms with Gasteiger partial charge in [0.2, 0.25) is 5.78 Å². The Morgan fingerprint density at radius 1 is 0.800 bits per heavy atom. The molecule has 0 fully saturated rings. The third-order valence-electron chi connectivity index (χ3n) is 4.31. The first kappa shape index (κ1) is 22.9. The summed E-state index contributed by atoms with van der Waals surface area (Å²) in [6.07, 6.45) is -4.46. The number of benzene rings is 2. The molecule has 0 amide bonds. The number of carbonyl (C=O) groups is 4. The van der Waals surface area contributed by atoms with E-state index in [1.807, 2.05) is 0 Å². The zero-order valence-corrected chi connectivity index (χ0v) is 16.6. The molecule has 8 heteroatoms. The predicted molar refractivity (Wildman–Crippen MR) is 107 cm³/mol. The molecule has 0 saturated carbocycles. The number of ether oxygens (including phenoxy) is 2. The van der Waals surface area contributed by atoms with Crippen LogP contribution < -0.4 is 5.73 Å². The van der Waals surface area contributed by atoms with E-state index in [0.717, 1.165) is 6.92 Å². The van der Waals surface area contributed by atoms with E-state index in [0.29, 0.717) is 0 Å². The van der Waals surface area contributed by atoms with Crippen LogP contribution >= 0.6 is 0 Å². The van der Waals surface area contributed by atoms with Crippen molar-refractivity contribution in [1.82, 2.24) is 0 Å². The lowest BCUT2D eigenvalue weighted by Gasteiger charge is -2.31. The highest BCUT2D eigenvalue weighted by Crippen LogP contribution is 2.18. The van der Waals surface area contributed by atoms with Crippen molar-refractivity contribution in [2.45, 2.75) is 38.2 Å². The van der Waals surface area contributed by atoms with Crippen molar-refractivity contribution < 1.29 is 33.8 Å². The molecule has 30 heavy (non-hydrogen) atoms. The first-order valence-corrected chi connectivity index (χ1v) is 9.23. The fourth-order valence-corrected chi connectivity index (χ4v) is 2.70. The second-order valence-corrected chi connectivity index (χ2v) is 6.66. The fourth-order valence-electron chi connectivity index (χ4n) is 2.70. The lowest BCUT2D eigenvalue weighted by atomic mass is 9.96. The van der Waals surface area contributed by atoms with E-state index in [1.165, 1.54) is 31.2 Å². The first-order chi connectivity index (χ1) is 14.2. The lowest BCUT2D eigenvalue weighted by Crippen LogP contribution is -2.56. The van der Waals surface area contributed by atoms with Crippen LogP contribution in [0.2, 0.25) is 0 Å². The van der Waals surface area contributed by atoms with E-state index in [9.17, 15) is 24.3 Å². The largest absolute Gasteiger partial charge is 0.453 e. The Balaban J connectivity index is 2.35. The van der Waals surface area contributed by atoms with Gasteiger partial charge in [-0.2, -0.15) is 0 Å². The number of esters is 2. The maximum Gasteiger partial charge on any atom is 0.338 e. The zero-order chi connectivity index (χ0) is 22.3. The standard InChI is InChI=1S/C22H23NO7/c1-13(24)18(26)17(23)20(30-22(28)16-11-7-4-8-12-16)19(14(2)25)29-21(27)15-9-5-3-6-10-15/h3-12,14,17,19-20,25H,23H2,1-2H3/t14-,17+,19+,20-/m1/s1. The Hall–Kier alpha value is -3.36. The minimum atomic E-state index is -1.64. The van der Waals surface area contributed by atoms with Gasteiger partial charge in [-0.3, -0.25) is 9.59 Å². The molecule has 0 aromatic heterocycles. The van der Waals surface area contributed by atoms with E-state index in [2.05, 4.69) is 0 Å². The van der Waals surface area contributed by atoms with Gasteiger partial charge < -0.3 is 20.3 Å². The third-order valence-corrected chi connectivity index (χ3v) is 4.31. The van der Waals surface area contributed by atoms with Crippen molar-refractivity contribution in [3.05, 3.63) is 71.8 Å². The average molecular weight is 413 g/mol. The number of hydrogen-bond acceptors (Lipinski definition) is 8. The average Bonchev–Trinajstić information content (AvgIpc) is 2.75. The maximum absolute atomic E-state index is 12.5. The molecule has 0 radical (unpaired) electrons. The monoisotopic (exact) mass is 413 g/mol. The molecule has 8 nitrogen and oxygen atoms in total. The molecule has 4 atom stereocenters. The van der Waals surface area contributed by atoms with Gasteiger partial charge >= 0.3 is 11.9 Å². The molecule has 0 aliphatic carbocycles. The molecule has 0 unspecified atom stereocenters. The number of nitrogens with two attached hydrogens (primary N) is 1. The Labute approximate surface area is 173 Å². The summed E-state index contributed by atoms with van der Waals surface area (Å²) in [5, 5.41) is 10.2. The topological polar surface area (TPSA) is 133 Å². The van der Waals surface area contributed by atoms with E-state index >= 15 is 0 Å². The van der Waals surface area contributed by atoms with Crippen LogP contribution in [0.5, 0.6) is 0 Å². The van der Waals surface area contributed by atoms with E-state index in [-0.39, 0.29) is 11.1 Å². The quantitative estimate of drug-likeness (QED) is 0.464. The van der Waals surface area contributed by atoms with Gasteiger partial charge in [0, 0.05) is 6.92 Å². The van der Waals surface area contributed by atoms with Gasteiger partial charge in [0.05, 0.1) is 17.2 Å². The van der Waals surface area contributed by atoms with E-state index in [1.54, 1.807) is 36.4 Å². The molecule has 0 bridgehead atoms. The maximum atomic E-state index is 12.5. The summed E-state index contributed by atoms with van der Waals surface area (Å²) in [6, 6.07) is 14.1. The summed E-state index contributed by atoms with van der Waals surface area (Å²) < 4.78 is 10.7. The molecule has 0 heterocycles. The molecular weight excluding hydrogens is 390 g/mol. The highest BCUT2D eigenvalue weighted by molar-refractivity contribution is 6.38. The normalized spacial score (nSPS) is 14.7. The Bertz CT molecular complexity index is 896. The van der Waals surface area contributed by atoms with Crippen LogP contribution in [0.4, 0.5) is 0 Å². The van der Waals surface area contributed by atoms with Gasteiger partial charge in [-0.05, 0) is 31.2 Å². The highest BCUT2D eigenvalue weighted by Gasteiger charge is 2.41. The number of rotatable bonds is 9. The van der Waals surface area contributed by atoms with Gasteiger partial charge in [0.1, 0.15) is 6.04 Å². The van der Waals surface area contributed by atoms with Crippen molar-refractivity contribution in [1.29, 1.82) is 0 Å². The summed E-state index contributed by atoms with van der Waals surface area (Å²) in [7, 11) is 0. The van der Waals surface area contributed by atoms with E-state index < -0.39 is 47.9 Å². The molecule has 0 saturated heterocycles. The minimum absolute atomic E-state index is 0.156. The van der Waals surface area contributed by atoms with Crippen molar-refractivity contribution >= 4 is 23.5 Å². The number of Topliss-reactive ketones (excluding diaryl/α,β-unsaturated/α-hetero) is 2. The third kappa shape index (κ3) is 5.82. The van der Waals surface area contributed by atoms with Gasteiger partial charge in [-0.15, -0.1) is 0 Å². The molecule has 3 N–H and O–H groups in total. The number of hydrogen-bond donors (Lipinski definition) is 2. The Kier molecular flexibility index (Phi) is 7.97. The summed E-state index contributed by atoms with van der Waals surface area (Å²) in [5.74, 6) is -3.55. The van der Waals surface area contributed by atoms with Crippen LogP contribution in [0.15, 0.2) is 60.7 Å². The summed E-state index contributed by atoms with van der Waals surface area (Å²) in [6.45, 7) is 2.31. The number of aliphatic hydroxyl groups is 1. The van der Waals surface area contributed by atoms with Crippen LogP contribution in [0.1, 0.15) is 34.6 Å². The second kappa shape index (κ2) is 10.4. The molecule has 0 aliphatic rings. The van der Waals surface area contributed by atoms with Crippen molar-refractivity contribution in [3.8, 4) is 0 Å². The molecule has 2 aromatic rings. The smallest absolute Gasteiger partial charge is 0.338 e. The molecule has 2 rings (SSSR count). The minimum Gasteiger partial charge on any atom is -0.453 e. The summed E-state index contributed by atoms with van der Waals surface area (Å²) in [5.41, 5.74) is 6.23. The fraction of sp³-hybridized carbons (Fsp3) is 0.273. The lowest BCUT2D eigenvalue weighted by molar-refractivity contribution is -0.140. The predicted octanol–water partition coefficient (Wildman–Crippen LogP) is 1.30. The molecule has 0 spiro atoms. The number of carbonyl (C=O) groups excluding carboxylic acids is 4. The Morgan fingerprint density at radius 2 is 1.20 bits per heavy atom. The highest BCUT2D eigenvalue weighted by atomic mass is 16.6. The molecular formula is C22H23NO7. The number of ketones is 2.